The predicted molar refractivity (Wildman–Crippen MR) is 119 cm³/mol. The van der Waals surface area contributed by atoms with Crippen LogP contribution in [0.2, 0.25) is 5.02 Å². The third-order valence-electron chi connectivity index (χ3n) is 4.59. The molecule has 0 aliphatic carbocycles. The van der Waals surface area contributed by atoms with E-state index in [1.807, 2.05) is 26.0 Å². The van der Waals surface area contributed by atoms with Gasteiger partial charge in [0, 0.05) is 6.07 Å². The molecular formula is C21H19ClN4O3S. The SMILES string of the molecule is COc1cccc(C(=O)Nc2cc(C)nn2-c2nc3c(C)ccc(Cl)c3s2)c1OC. The fourth-order valence-corrected chi connectivity index (χ4v) is 4.45. The van der Waals surface area contributed by atoms with E-state index in [0.717, 1.165) is 21.5 Å². The lowest BCUT2D eigenvalue weighted by Gasteiger charge is -2.12. The van der Waals surface area contributed by atoms with Gasteiger partial charge < -0.3 is 14.8 Å². The maximum Gasteiger partial charge on any atom is 0.260 e. The number of methoxy groups -OCH3 is 2. The lowest BCUT2D eigenvalue weighted by Crippen LogP contribution is -2.16. The molecule has 2 heterocycles. The highest BCUT2D eigenvalue weighted by molar-refractivity contribution is 7.21. The maximum absolute atomic E-state index is 13.0. The van der Waals surface area contributed by atoms with Crippen LogP contribution in [-0.2, 0) is 0 Å². The number of halogens is 1. The van der Waals surface area contributed by atoms with Crippen molar-refractivity contribution in [2.24, 2.45) is 0 Å². The third kappa shape index (κ3) is 3.48. The second-order valence-corrected chi connectivity index (χ2v) is 8.00. The summed E-state index contributed by atoms with van der Waals surface area (Å²) in [6, 6.07) is 10.7. The second kappa shape index (κ2) is 7.97. The largest absolute Gasteiger partial charge is 0.493 e. The standard InChI is InChI=1S/C21H19ClN4O3S/c1-11-8-9-14(22)19-17(11)24-21(30-19)26-16(10-12(2)25-26)23-20(27)13-6-5-7-15(28-3)18(13)29-4/h5-10H,1-4H3,(H,23,27). The van der Waals surface area contributed by atoms with Gasteiger partial charge in [-0.15, -0.1) is 0 Å². The van der Waals surface area contributed by atoms with E-state index in [2.05, 4.69) is 10.4 Å². The smallest absolute Gasteiger partial charge is 0.260 e. The van der Waals surface area contributed by atoms with Crippen LogP contribution in [0.3, 0.4) is 0 Å². The van der Waals surface area contributed by atoms with Crippen LogP contribution in [0.4, 0.5) is 5.82 Å². The van der Waals surface area contributed by atoms with Crippen molar-refractivity contribution in [3.8, 4) is 16.6 Å². The molecule has 2 aromatic carbocycles. The van der Waals surface area contributed by atoms with Gasteiger partial charge in [0.05, 0.1) is 40.7 Å². The number of hydrogen-bond acceptors (Lipinski definition) is 6. The van der Waals surface area contributed by atoms with Crippen LogP contribution in [0, 0.1) is 13.8 Å². The number of carbonyl (C=O) groups excluding carboxylic acids is 1. The number of aromatic nitrogens is 3. The molecule has 2 aromatic heterocycles. The molecule has 4 rings (SSSR count). The Hall–Kier alpha value is -3.10. The number of aryl methyl sites for hydroxylation is 2. The molecule has 0 saturated heterocycles. The Labute approximate surface area is 182 Å². The van der Waals surface area contributed by atoms with Crippen molar-refractivity contribution in [1.29, 1.82) is 0 Å². The number of anilines is 1. The molecule has 0 fully saturated rings. The summed E-state index contributed by atoms with van der Waals surface area (Å²) in [4.78, 5) is 17.7. The minimum atomic E-state index is -0.345. The van der Waals surface area contributed by atoms with Crippen LogP contribution in [0.15, 0.2) is 36.4 Å². The predicted octanol–water partition coefficient (Wildman–Crippen LogP) is 5.02. The van der Waals surface area contributed by atoms with Crippen molar-refractivity contribution in [2.45, 2.75) is 13.8 Å². The summed E-state index contributed by atoms with van der Waals surface area (Å²) in [6.07, 6.45) is 0. The van der Waals surface area contributed by atoms with Crippen molar-refractivity contribution < 1.29 is 14.3 Å². The number of benzene rings is 2. The average molecular weight is 443 g/mol. The van der Waals surface area contributed by atoms with E-state index < -0.39 is 0 Å². The molecule has 1 amide bonds. The van der Waals surface area contributed by atoms with Crippen LogP contribution >= 0.6 is 22.9 Å². The zero-order valence-corrected chi connectivity index (χ0v) is 18.4. The molecule has 0 atom stereocenters. The highest BCUT2D eigenvalue weighted by atomic mass is 35.5. The monoisotopic (exact) mass is 442 g/mol. The van der Waals surface area contributed by atoms with Gasteiger partial charge in [-0.25, -0.2) is 4.98 Å². The molecule has 0 bridgehead atoms. The van der Waals surface area contributed by atoms with Crippen LogP contribution in [0.1, 0.15) is 21.6 Å². The summed E-state index contributed by atoms with van der Waals surface area (Å²) in [7, 11) is 3.02. The van der Waals surface area contributed by atoms with Crippen molar-refractivity contribution in [3.63, 3.8) is 0 Å². The van der Waals surface area contributed by atoms with Crippen LogP contribution in [0.25, 0.3) is 15.3 Å². The first kappa shape index (κ1) is 20.2. The van der Waals surface area contributed by atoms with Crippen molar-refractivity contribution >= 4 is 44.9 Å². The molecule has 1 N–H and O–H groups in total. The lowest BCUT2D eigenvalue weighted by molar-refractivity contribution is 0.102. The Morgan fingerprint density at radius 1 is 1.17 bits per heavy atom. The van der Waals surface area contributed by atoms with Gasteiger partial charge in [0.15, 0.2) is 11.5 Å². The molecule has 0 spiro atoms. The highest BCUT2D eigenvalue weighted by Gasteiger charge is 2.20. The Morgan fingerprint density at radius 3 is 2.67 bits per heavy atom. The first-order valence-corrected chi connectivity index (χ1v) is 10.3. The first-order chi connectivity index (χ1) is 14.4. The number of nitrogens with zero attached hydrogens (tertiary/aromatic N) is 3. The summed E-state index contributed by atoms with van der Waals surface area (Å²) in [5, 5.41) is 8.66. The number of amides is 1. The van der Waals surface area contributed by atoms with Crippen molar-refractivity contribution in [3.05, 3.63) is 58.2 Å². The molecule has 0 aliphatic heterocycles. The fourth-order valence-electron chi connectivity index (χ4n) is 3.17. The fraction of sp³-hybridized carbons (Fsp3) is 0.190. The topological polar surface area (TPSA) is 78.3 Å². The van der Waals surface area contributed by atoms with Crippen LogP contribution < -0.4 is 14.8 Å². The Morgan fingerprint density at radius 2 is 1.97 bits per heavy atom. The molecular weight excluding hydrogens is 424 g/mol. The lowest BCUT2D eigenvalue weighted by atomic mass is 10.1. The quantitative estimate of drug-likeness (QED) is 0.469. The molecule has 0 radical (unpaired) electrons. The number of nitrogens with one attached hydrogen (secondary N) is 1. The number of carbonyl (C=O) groups is 1. The summed E-state index contributed by atoms with van der Waals surface area (Å²) in [5.41, 5.74) is 2.94. The summed E-state index contributed by atoms with van der Waals surface area (Å²) in [6.45, 7) is 3.83. The average Bonchev–Trinajstić information content (AvgIpc) is 3.34. The molecule has 7 nitrogen and oxygen atoms in total. The van der Waals surface area contributed by atoms with E-state index in [9.17, 15) is 4.79 Å². The summed E-state index contributed by atoms with van der Waals surface area (Å²) >= 11 is 7.76. The van der Waals surface area contributed by atoms with E-state index in [4.69, 9.17) is 26.1 Å². The molecule has 154 valence electrons. The maximum atomic E-state index is 13.0. The number of para-hydroxylation sites is 1. The number of thiazole rings is 1. The van der Waals surface area contributed by atoms with Gasteiger partial charge in [0.25, 0.3) is 5.91 Å². The van der Waals surface area contributed by atoms with Crippen LogP contribution in [0.5, 0.6) is 11.5 Å². The normalized spacial score (nSPS) is 11.0. The summed E-state index contributed by atoms with van der Waals surface area (Å²) < 4.78 is 13.2. The Balaban J connectivity index is 1.74. The van der Waals surface area contributed by atoms with Crippen molar-refractivity contribution in [1.82, 2.24) is 14.8 Å². The minimum absolute atomic E-state index is 0.345. The van der Waals surface area contributed by atoms with E-state index in [1.165, 1.54) is 25.6 Å². The Kier molecular flexibility index (Phi) is 5.36. The van der Waals surface area contributed by atoms with E-state index in [0.29, 0.717) is 33.0 Å². The number of ether oxygens (including phenoxy) is 2. The summed E-state index contributed by atoms with van der Waals surface area (Å²) in [5.74, 6) is 0.992. The van der Waals surface area contributed by atoms with Gasteiger partial charge in [0.2, 0.25) is 5.13 Å². The highest BCUT2D eigenvalue weighted by Crippen LogP contribution is 2.35. The molecule has 30 heavy (non-hydrogen) atoms. The molecule has 0 aliphatic rings. The third-order valence-corrected chi connectivity index (χ3v) is 6.08. The second-order valence-electron chi connectivity index (χ2n) is 6.62. The van der Waals surface area contributed by atoms with Gasteiger partial charge in [0.1, 0.15) is 5.82 Å². The molecule has 4 aromatic rings. The van der Waals surface area contributed by atoms with Crippen molar-refractivity contribution in [2.75, 3.05) is 19.5 Å². The van der Waals surface area contributed by atoms with E-state index >= 15 is 0 Å². The number of rotatable bonds is 5. The first-order valence-electron chi connectivity index (χ1n) is 9.08. The van der Waals surface area contributed by atoms with Gasteiger partial charge >= 0.3 is 0 Å². The molecule has 0 saturated carbocycles. The van der Waals surface area contributed by atoms with E-state index in [1.54, 1.807) is 28.9 Å². The van der Waals surface area contributed by atoms with Gasteiger partial charge in [-0.3, -0.25) is 4.79 Å². The van der Waals surface area contributed by atoms with E-state index in [-0.39, 0.29) is 5.91 Å². The number of fused-ring (bicyclic) bond motifs is 1. The zero-order valence-electron chi connectivity index (χ0n) is 16.8. The minimum Gasteiger partial charge on any atom is -0.493 e. The van der Waals surface area contributed by atoms with Gasteiger partial charge in [-0.05, 0) is 37.6 Å². The Bertz CT molecular complexity index is 1230. The van der Waals surface area contributed by atoms with Crippen LogP contribution in [-0.4, -0.2) is 34.9 Å². The molecule has 0 unspecified atom stereocenters. The number of hydrogen-bond donors (Lipinski definition) is 1. The van der Waals surface area contributed by atoms with Gasteiger partial charge in [-0.2, -0.15) is 9.78 Å². The molecule has 9 heteroatoms. The zero-order chi connectivity index (χ0) is 21.4. The van der Waals surface area contributed by atoms with Gasteiger partial charge in [-0.1, -0.05) is 35.1 Å².